The van der Waals surface area contributed by atoms with E-state index in [9.17, 15) is 13.2 Å². The summed E-state index contributed by atoms with van der Waals surface area (Å²) in [6.45, 7) is 6.48. The Hall–Kier alpha value is -1.64. The number of amides is 1. The summed E-state index contributed by atoms with van der Waals surface area (Å²) in [5.74, 6) is 0.0705. The molecule has 2 saturated heterocycles. The van der Waals surface area contributed by atoms with Gasteiger partial charge < -0.3 is 14.5 Å². The van der Waals surface area contributed by atoms with Crippen molar-refractivity contribution in [3.63, 3.8) is 0 Å². The molecule has 0 unspecified atom stereocenters. The number of quaternary nitrogens is 1. The first kappa shape index (κ1) is 20.1. The molecule has 7 nitrogen and oxygen atoms in total. The molecule has 0 aliphatic carbocycles. The van der Waals surface area contributed by atoms with Crippen molar-refractivity contribution < 1.29 is 22.8 Å². The molecule has 1 aromatic rings. The molecule has 1 aromatic carbocycles. The van der Waals surface area contributed by atoms with Crippen molar-refractivity contribution in [2.75, 3.05) is 45.9 Å². The highest BCUT2D eigenvalue weighted by atomic mass is 32.2. The van der Waals surface area contributed by atoms with E-state index in [0.717, 1.165) is 44.6 Å². The third kappa shape index (κ3) is 5.21. The Balaban J connectivity index is 1.47. The topological polar surface area (TPSA) is 71.4 Å². The van der Waals surface area contributed by atoms with E-state index >= 15 is 0 Å². The molecule has 0 radical (unpaired) electrons. The minimum atomic E-state index is -3.27. The molecule has 0 atom stereocenters. The summed E-state index contributed by atoms with van der Waals surface area (Å²) in [5, 5.41) is 0. The smallest absolute Gasteiger partial charge is 0.409 e. The molecule has 2 heterocycles. The van der Waals surface area contributed by atoms with Crippen LogP contribution in [0.3, 0.4) is 0 Å². The van der Waals surface area contributed by atoms with Crippen LogP contribution in [-0.4, -0.2) is 75.6 Å². The number of nitrogens with one attached hydrogen (secondary N) is 1. The van der Waals surface area contributed by atoms with Crippen LogP contribution >= 0.6 is 0 Å². The summed E-state index contributed by atoms with van der Waals surface area (Å²) in [6, 6.07) is 9.85. The summed E-state index contributed by atoms with van der Waals surface area (Å²) < 4.78 is 32.1. The van der Waals surface area contributed by atoms with Crippen molar-refractivity contribution in [2.24, 2.45) is 0 Å². The van der Waals surface area contributed by atoms with E-state index in [1.165, 1.54) is 4.90 Å². The SMILES string of the molecule is CCOC(=O)N1CCC([NH+]2CCN(S(=O)(=O)Cc3ccccc3)CC2)CC1. The first-order valence-corrected chi connectivity index (χ1v) is 11.4. The Morgan fingerprint density at radius 2 is 1.74 bits per heavy atom. The van der Waals surface area contributed by atoms with Crippen molar-refractivity contribution in [3.8, 4) is 0 Å². The molecular weight excluding hydrogens is 366 g/mol. The lowest BCUT2D eigenvalue weighted by atomic mass is 10.0. The molecule has 0 aromatic heterocycles. The summed E-state index contributed by atoms with van der Waals surface area (Å²) >= 11 is 0. The zero-order chi connectivity index (χ0) is 19.3. The lowest BCUT2D eigenvalue weighted by Gasteiger charge is -2.39. The van der Waals surface area contributed by atoms with Crippen LogP contribution < -0.4 is 4.90 Å². The summed E-state index contributed by atoms with van der Waals surface area (Å²) in [7, 11) is -3.27. The highest BCUT2D eigenvalue weighted by Crippen LogP contribution is 2.13. The van der Waals surface area contributed by atoms with Gasteiger partial charge in [0, 0.05) is 25.9 Å². The maximum atomic E-state index is 12.7. The van der Waals surface area contributed by atoms with Gasteiger partial charge in [0.05, 0.1) is 44.6 Å². The number of carbonyl (C=O) groups is 1. The van der Waals surface area contributed by atoms with E-state index in [4.69, 9.17) is 4.74 Å². The second kappa shape index (κ2) is 9.03. The van der Waals surface area contributed by atoms with Crippen LogP contribution in [0.1, 0.15) is 25.3 Å². The number of ether oxygens (including phenoxy) is 1. The number of likely N-dealkylation sites (tertiary alicyclic amines) is 1. The fourth-order valence-corrected chi connectivity index (χ4v) is 5.56. The van der Waals surface area contributed by atoms with E-state index in [-0.39, 0.29) is 11.8 Å². The molecule has 1 amide bonds. The fraction of sp³-hybridized carbons (Fsp3) is 0.632. The largest absolute Gasteiger partial charge is 0.450 e. The van der Waals surface area contributed by atoms with Crippen molar-refractivity contribution in [1.29, 1.82) is 0 Å². The number of rotatable bonds is 5. The van der Waals surface area contributed by atoms with Crippen molar-refractivity contribution >= 4 is 16.1 Å². The van der Waals surface area contributed by atoms with E-state index < -0.39 is 10.0 Å². The van der Waals surface area contributed by atoms with Crippen molar-refractivity contribution in [3.05, 3.63) is 35.9 Å². The standard InChI is InChI=1S/C19H29N3O4S/c1-2-26-19(23)21-10-8-18(9-11-21)20-12-14-22(15-13-20)27(24,25)16-17-6-4-3-5-7-17/h3-7,18H,2,8-16H2,1H3/p+1. The summed E-state index contributed by atoms with van der Waals surface area (Å²) in [4.78, 5) is 15.0. The van der Waals surface area contributed by atoms with Gasteiger partial charge in [-0.3, -0.25) is 0 Å². The molecule has 150 valence electrons. The van der Waals surface area contributed by atoms with E-state index in [1.54, 1.807) is 9.21 Å². The maximum absolute atomic E-state index is 12.7. The number of benzene rings is 1. The summed E-state index contributed by atoms with van der Waals surface area (Å²) in [5.41, 5.74) is 0.832. The Morgan fingerprint density at radius 1 is 1.11 bits per heavy atom. The molecule has 8 heteroatoms. The number of hydrogen-bond acceptors (Lipinski definition) is 4. The van der Waals surface area contributed by atoms with Gasteiger partial charge in [-0.2, -0.15) is 4.31 Å². The van der Waals surface area contributed by atoms with Gasteiger partial charge in [0.2, 0.25) is 10.0 Å². The van der Waals surface area contributed by atoms with E-state index in [1.807, 2.05) is 37.3 Å². The lowest BCUT2D eigenvalue weighted by molar-refractivity contribution is -0.930. The highest BCUT2D eigenvalue weighted by molar-refractivity contribution is 7.88. The summed E-state index contributed by atoms with van der Waals surface area (Å²) in [6.07, 6.45) is 1.68. The molecule has 0 spiro atoms. The van der Waals surface area contributed by atoms with Gasteiger partial charge in [0.15, 0.2) is 0 Å². The van der Waals surface area contributed by atoms with Crippen LogP contribution in [0.4, 0.5) is 4.79 Å². The van der Waals surface area contributed by atoms with E-state index in [2.05, 4.69) is 0 Å². The number of nitrogens with zero attached hydrogens (tertiary/aromatic N) is 2. The molecule has 0 bridgehead atoms. The maximum Gasteiger partial charge on any atom is 0.409 e. The number of sulfonamides is 1. The molecule has 27 heavy (non-hydrogen) atoms. The van der Waals surface area contributed by atoms with Crippen LogP contribution in [0, 0.1) is 0 Å². The molecule has 2 aliphatic heterocycles. The zero-order valence-corrected chi connectivity index (χ0v) is 16.8. The van der Waals surface area contributed by atoms with Gasteiger partial charge in [-0.25, -0.2) is 13.2 Å². The molecule has 2 fully saturated rings. The Bertz CT molecular complexity index is 710. The number of carbonyl (C=O) groups excluding carboxylic acids is 1. The van der Waals surface area contributed by atoms with Crippen LogP contribution in [0.2, 0.25) is 0 Å². The van der Waals surface area contributed by atoms with Gasteiger partial charge >= 0.3 is 6.09 Å². The minimum absolute atomic E-state index is 0.0705. The third-order valence-electron chi connectivity index (χ3n) is 5.55. The van der Waals surface area contributed by atoms with Gasteiger partial charge in [0.25, 0.3) is 0 Å². The predicted molar refractivity (Wildman–Crippen MR) is 103 cm³/mol. The normalized spacial score (nSPS) is 20.6. The quantitative estimate of drug-likeness (QED) is 0.779. The minimum Gasteiger partial charge on any atom is -0.450 e. The first-order chi connectivity index (χ1) is 13.0. The van der Waals surface area contributed by atoms with Crippen LogP contribution in [0.5, 0.6) is 0 Å². The number of hydrogen-bond donors (Lipinski definition) is 1. The third-order valence-corrected chi connectivity index (χ3v) is 7.40. The molecule has 1 N–H and O–H groups in total. The highest BCUT2D eigenvalue weighted by Gasteiger charge is 2.35. The van der Waals surface area contributed by atoms with Gasteiger partial charge in [-0.05, 0) is 12.5 Å². The molecular formula is C19H30N3O4S+. The van der Waals surface area contributed by atoms with Gasteiger partial charge in [-0.1, -0.05) is 30.3 Å². The van der Waals surface area contributed by atoms with Crippen LogP contribution in [0.25, 0.3) is 0 Å². The van der Waals surface area contributed by atoms with E-state index in [0.29, 0.717) is 25.7 Å². The second-order valence-electron chi connectivity index (χ2n) is 7.26. The van der Waals surface area contributed by atoms with Crippen molar-refractivity contribution in [2.45, 2.75) is 31.6 Å². The molecule has 2 aliphatic rings. The van der Waals surface area contributed by atoms with Gasteiger partial charge in [-0.15, -0.1) is 0 Å². The Kier molecular flexibility index (Phi) is 6.73. The Morgan fingerprint density at radius 3 is 2.33 bits per heavy atom. The first-order valence-electron chi connectivity index (χ1n) is 9.77. The Labute approximate surface area is 161 Å². The van der Waals surface area contributed by atoms with Crippen LogP contribution in [-0.2, 0) is 20.5 Å². The van der Waals surface area contributed by atoms with Gasteiger partial charge in [0.1, 0.15) is 0 Å². The fourth-order valence-electron chi connectivity index (χ4n) is 4.02. The number of piperazine rings is 1. The predicted octanol–water partition coefficient (Wildman–Crippen LogP) is 0.338. The van der Waals surface area contributed by atoms with Crippen molar-refractivity contribution in [1.82, 2.24) is 9.21 Å². The average Bonchev–Trinajstić information content (AvgIpc) is 2.69. The molecule has 0 saturated carbocycles. The average molecular weight is 397 g/mol. The lowest BCUT2D eigenvalue weighted by Crippen LogP contribution is -3.18. The number of piperidine rings is 1. The molecule has 3 rings (SSSR count). The zero-order valence-electron chi connectivity index (χ0n) is 16.0. The van der Waals surface area contributed by atoms with Crippen LogP contribution in [0.15, 0.2) is 30.3 Å². The second-order valence-corrected chi connectivity index (χ2v) is 9.23. The monoisotopic (exact) mass is 396 g/mol.